The summed E-state index contributed by atoms with van der Waals surface area (Å²) in [5.41, 5.74) is 5.66. The highest BCUT2D eigenvalue weighted by molar-refractivity contribution is 8.00. The average Bonchev–Trinajstić information content (AvgIpc) is 2.17. The Balaban J connectivity index is 2.17. The van der Waals surface area contributed by atoms with Crippen molar-refractivity contribution in [3.05, 3.63) is 0 Å². The lowest BCUT2D eigenvalue weighted by Gasteiger charge is -2.27. The summed E-state index contributed by atoms with van der Waals surface area (Å²) in [6.45, 7) is 7.47. The van der Waals surface area contributed by atoms with Crippen molar-refractivity contribution in [3.8, 4) is 0 Å². The van der Waals surface area contributed by atoms with Crippen LogP contribution in [0.4, 0.5) is 0 Å². The van der Waals surface area contributed by atoms with Crippen LogP contribution in [-0.2, 0) is 4.79 Å². The molecule has 0 radical (unpaired) electrons. The molecule has 88 valence electrons. The SMILES string of the molecule is CC(C)(N)CSCC(=O)N1CCNCC1. The molecule has 1 aliphatic rings. The van der Waals surface area contributed by atoms with Gasteiger partial charge in [0.2, 0.25) is 5.91 Å². The molecule has 0 saturated carbocycles. The molecule has 15 heavy (non-hydrogen) atoms. The van der Waals surface area contributed by atoms with Gasteiger partial charge < -0.3 is 16.0 Å². The maximum absolute atomic E-state index is 11.7. The smallest absolute Gasteiger partial charge is 0.232 e. The summed E-state index contributed by atoms with van der Waals surface area (Å²) in [5.74, 6) is 1.62. The minimum Gasteiger partial charge on any atom is -0.339 e. The van der Waals surface area contributed by atoms with Crippen LogP contribution in [0.5, 0.6) is 0 Å². The van der Waals surface area contributed by atoms with E-state index in [1.165, 1.54) is 0 Å². The van der Waals surface area contributed by atoms with E-state index in [-0.39, 0.29) is 11.4 Å². The van der Waals surface area contributed by atoms with Crippen LogP contribution < -0.4 is 11.1 Å². The van der Waals surface area contributed by atoms with Gasteiger partial charge in [0.1, 0.15) is 0 Å². The van der Waals surface area contributed by atoms with Gasteiger partial charge in [-0.1, -0.05) is 0 Å². The monoisotopic (exact) mass is 231 g/mol. The minimum atomic E-state index is -0.186. The lowest BCUT2D eigenvalue weighted by atomic mass is 10.1. The Kier molecular flexibility index (Phi) is 4.89. The number of nitrogens with zero attached hydrogens (tertiary/aromatic N) is 1. The van der Waals surface area contributed by atoms with Gasteiger partial charge in [-0.15, -0.1) is 0 Å². The molecule has 3 N–H and O–H groups in total. The van der Waals surface area contributed by atoms with Crippen molar-refractivity contribution in [2.45, 2.75) is 19.4 Å². The maximum Gasteiger partial charge on any atom is 0.232 e. The summed E-state index contributed by atoms with van der Waals surface area (Å²) in [6, 6.07) is 0. The second kappa shape index (κ2) is 5.72. The Labute approximate surface area is 96.0 Å². The Morgan fingerprint density at radius 2 is 2.07 bits per heavy atom. The molecule has 1 saturated heterocycles. The molecular weight excluding hydrogens is 210 g/mol. The van der Waals surface area contributed by atoms with Crippen molar-refractivity contribution in [1.82, 2.24) is 10.2 Å². The molecule has 0 unspecified atom stereocenters. The Morgan fingerprint density at radius 1 is 1.47 bits per heavy atom. The molecule has 0 aliphatic carbocycles. The second-order valence-electron chi connectivity index (χ2n) is 4.61. The topological polar surface area (TPSA) is 58.4 Å². The number of piperazine rings is 1. The molecule has 1 aliphatic heterocycles. The number of thioether (sulfide) groups is 1. The first-order valence-corrected chi connectivity index (χ1v) is 6.50. The third kappa shape index (κ3) is 5.39. The van der Waals surface area contributed by atoms with Gasteiger partial charge in [0.25, 0.3) is 0 Å². The van der Waals surface area contributed by atoms with Gasteiger partial charge in [0, 0.05) is 37.5 Å². The Bertz CT molecular complexity index is 209. The van der Waals surface area contributed by atoms with Crippen molar-refractivity contribution < 1.29 is 4.79 Å². The molecule has 1 heterocycles. The number of nitrogens with two attached hydrogens (primary N) is 1. The van der Waals surface area contributed by atoms with Crippen LogP contribution in [0.25, 0.3) is 0 Å². The van der Waals surface area contributed by atoms with E-state index in [0.29, 0.717) is 5.75 Å². The molecule has 0 atom stereocenters. The van der Waals surface area contributed by atoms with Gasteiger partial charge in [-0.25, -0.2) is 0 Å². The number of carbonyl (C=O) groups excluding carboxylic acids is 1. The lowest BCUT2D eigenvalue weighted by Crippen LogP contribution is -2.47. The molecule has 1 rings (SSSR count). The summed E-state index contributed by atoms with van der Waals surface area (Å²) in [5, 5.41) is 3.23. The van der Waals surface area contributed by atoms with E-state index in [0.717, 1.165) is 31.9 Å². The fourth-order valence-electron chi connectivity index (χ4n) is 1.41. The van der Waals surface area contributed by atoms with Crippen molar-refractivity contribution in [3.63, 3.8) is 0 Å². The number of rotatable bonds is 4. The molecule has 0 aromatic heterocycles. The largest absolute Gasteiger partial charge is 0.339 e. The molecule has 1 amide bonds. The van der Waals surface area contributed by atoms with Gasteiger partial charge in [0.05, 0.1) is 5.75 Å². The van der Waals surface area contributed by atoms with Crippen molar-refractivity contribution in [1.29, 1.82) is 0 Å². The predicted octanol–water partition coefficient (Wildman–Crippen LogP) is -0.111. The Hall–Kier alpha value is -0.260. The first kappa shape index (κ1) is 12.8. The maximum atomic E-state index is 11.7. The minimum absolute atomic E-state index is 0.186. The summed E-state index contributed by atoms with van der Waals surface area (Å²) in [6.07, 6.45) is 0. The predicted molar refractivity (Wildman–Crippen MR) is 65.0 cm³/mol. The van der Waals surface area contributed by atoms with E-state index < -0.39 is 0 Å². The van der Waals surface area contributed by atoms with E-state index in [9.17, 15) is 4.79 Å². The van der Waals surface area contributed by atoms with Gasteiger partial charge in [-0.05, 0) is 13.8 Å². The van der Waals surface area contributed by atoms with E-state index in [2.05, 4.69) is 5.32 Å². The molecule has 4 nitrogen and oxygen atoms in total. The molecular formula is C10H21N3OS. The highest BCUT2D eigenvalue weighted by atomic mass is 32.2. The zero-order chi connectivity index (χ0) is 11.3. The molecule has 5 heteroatoms. The fourth-order valence-corrected chi connectivity index (χ4v) is 2.39. The summed E-state index contributed by atoms with van der Waals surface area (Å²) < 4.78 is 0. The highest BCUT2D eigenvalue weighted by Crippen LogP contribution is 2.10. The molecule has 0 bridgehead atoms. The highest BCUT2D eigenvalue weighted by Gasteiger charge is 2.17. The van der Waals surface area contributed by atoms with Gasteiger partial charge in [0.15, 0.2) is 0 Å². The quantitative estimate of drug-likeness (QED) is 0.709. The number of hydrogen-bond acceptors (Lipinski definition) is 4. The van der Waals surface area contributed by atoms with Gasteiger partial charge in [-0.3, -0.25) is 4.79 Å². The lowest BCUT2D eigenvalue weighted by molar-refractivity contribution is -0.128. The summed E-state index contributed by atoms with van der Waals surface area (Å²) >= 11 is 1.63. The van der Waals surface area contributed by atoms with Gasteiger partial charge in [-0.2, -0.15) is 11.8 Å². The van der Waals surface area contributed by atoms with Crippen LogP contribution in [0.15, 0.2) is 0 Å². The zero-order valence-corrected chi connectivity index (χ0v) is 10.4. The molecule has 0 spiro atoms. The normalized spacial score (nSPS) is 17.9. The van der Waals surface area contributed by atoms with E-state index >= 15 is 0 Å². The van der Waals surface area contributed by atoms with Crippen LogP contribution in [0.3, 0.4) is 0 Å². The first-order chi connectivity index (χ1) is 6.99. The van der Waals surface area contributed by atoms with Crippen LogP contribution in [0.1, 0.15) is 13.8 Å². The third-order valence-corrected chi connectivity index (χ3v) is 3.57. The van der Waals surface area contributed by atoms with Crippen LogP contribution in [0, 0.1) is 0 Å². The fraction of sp³-hybridized carbons (Fsp3) is 0.900. The van der Waals surface area contributed by atoms with E-state index in [1.54, 1.807) is 11.8 Å². The summed E-state index contributed by atoms with van der Waals surface area (Å²) in [7, 11) is 0. The second-order valence-corrected chi connectivity index (χ2v) is 5.60. The first-order valence-electron chi connectivity index (χ1n) is 5.34. The molecule has 0 aromatic carbocycles. The number of hydrogen-bond donors (Lipinski definition) is 2. The number of nitrogens with one attached hydrogen (secondary N) is 1. The van der Waals surface area contributed by atoms with Crippen molar-refractivity contribution >= 4 is 17.7 Å². The van der Waals surface area contributed by atoms with E-state index in [4.69, 9.17) is 5.73 Å². The Morgan fingerprint density at radius 3 is 2.60 bits per heavy atom. The summed E-state index contributed by atoms with van der Waals surface area (Å²) in [4.78, 5) is 13.6. The van der Waals surface area contributed by atoms with Gasteiger partial charge >= 0.3 is 0 Å². The third-order valence-electron chi connectivity index (χ3n) is 2.17. The van der Waals surface area contributed by atoms with Crippen molar-refractivity contribution in [2.24, 2.45) is 5.73 Å². The van der Waals surface area contributed by atoms with Crippen molar-refractivity contribution in [2.75, 3.05) is 37.7 Å². The molecule has 1 fully saturated rings. The zero-order valence-electron chi connectivity index (χ0n) is 9.58. The average molecular weight is 231 g/mol. The number of carbonyl (C=O) groups is 1. The molecule has 0 aromatic rings. The standard InChI is InChI=1S/C10H21N3OS/c1-10(2,11)8-15-7-9(14)13-5-3-12-4-6-13/h12H,3-8,11H2,1-2H3. The van der Waals surface area contributed by atoms with Crippen LogP contribution in [-0.4, -0.2) is 54.0 Å². The van der Waals surface area contributed by atoms with E-state index in [1.807, 2.05) is 18.7 Å². The number of amides is 1. The van der Waals surface area contributed by atoms with Crippen LogP contribution in [0.2, 0.25) is 0 Å². The van der Waals surface area contributed by atoms with Crippen LogP contribution >= 0.6 is 11.8 Å².